The van der Waals surface area contributed by atoms with Gasteiger partial charge in [-0.2, -0.15) is 0 Å². The molecule has 0 saturated carbocycles. The van der Waals surface area contributed by atoms with Gasteiger partial charge < -0.3 is 19.9 Å². The fourth-order valence-corrected chi connectivity index (χ4v) is 1.36. The fourth-order valence-electron chi connectivity index (χ4n) is 0.687. The SMILES string of the molecule is CO[Si](=O)CCCNCCN. The van der Waals surface area contributed by atoms with Crippen molar-refractivity contribution < 1.29 is 8.89 Å². The van der Waals surface area contributed by atoms with Gasteiger partial charge in [0.1, 0.15) is 0 Å². The summed E-state index contributed by atoms with van der Waals surface area (Å²) in [4.78, 5) is 0. The Bertz CT molecular complexity index is 111. The third-order valence-electron chi connectivity index (χ3n) is 1.28. The topological polar surface area (TPSA) is 64.3 Å². The Morgan fingerprint density at radius 3 is 2.82 bits per heavy atom. The van der Waals surface area contributed by atoms with Crippen LogP contribution in [0.2, 0.25) is 6.04 Å². The summed E-state index contributed by atoms with van der Waals surface area (Å²) in [6, 6.07) is 0.665. The second-order valence-corrected chi connectivity index (χ2v) is 3.87. The minimum atomic E-state index is -1.74. The molecule has 0 saturated heterocycles. The third kappa shape index (κ3) is 7.64. The predicted molar refractivity (Wildman–Crippen MR) is 44.8 cm³/mol. The molecule has 0 aromatic carbocycles. The lowest BCUT2D eigenvalue weighted by molar-refractivity contribution is 0.361. The molecule has 0 aliphatic carbocycles. The smallest absolute Gasteiger partial charge is 0.502 e. The van der Waals surface area contributed by atoms with Crippen molar-refractivity contribution in [3.05, 3.63) is 0 Å². The van der Waals surface area contributed by atoms with E-state index in [1.165, 1.54) is 7.11 Å². The highest BCUT2D eigenvalue weighted by molar-refractivity contribution is 6.34. The van der Waals surface area contributed by atoms with Crippen LogP contribution in [-0.2, 0) is 8.89 Å². The molecule has 0 amide bonds. The van der Waals surface area contributed by atoms with E-state index in [2.05, 4.69) is 9.74 Å². The predicted octanol–water partition coefficient (Wildman–Crippen LogP) is -0.510. The lowest BCUT2D eigenvalue weighted by atomic mass is 10.5. The summed E-state index contributed by atoms with van der Waals surface area (Å²) >= 11 is 0. The zero-order valence-corrected chi connectivity index (χ0v) is 7.93. The molecular formula is C6H16N2O2Si. The number of nitrogens with one attached hydrogen (secondary N) is 1. The summed E-state index contributed by atoms with van der Waals surface area (Å²) in [5.74, 6) is 0. The van der Waals surface area contributed by atoms with Crippen molar-refractivity contribution in [3.8, 4) is 0 Å². The van der Waals surface area contributed by atoms with Crippen LogP contribution in [0.3, 0.4) is 0 Å². The molecule has 0 spiro atoms. The lowest BCUT2D eigenvalue weighted by Gasteiger charge is -2.00. The summed E-state index contributed by atoms with van der Waals surface area (Å²) in [7, 11) is -0.257. The Kier molecular flexibility index (Phi) is 7.65. The van der Waals surface area contributed by atoms with Crippen molar-refractivity contribution >= 4 is 8.93 Å². The minimum Gasteiger partial charge on any atom is -0.527 e. The summed E-state index contributed by atoms with van der Waals surface area (Å²) in [5.41, 5.74) is 5.25. The maximum absolute atomic E-state index is 10.8. The standard InChI is InChI=1S/C6H16N2O2Si/c1-10-11(9)6-2-4-8-5-3-7/h8H,2-7H2,1H3. The molecule has 0 aromatic rings. The molecule has 0 atom stereocenters. The van der Waals surface area contributed by atoms with Gasteiger partial charge in [0.25, 0.3) is 0 Å². The summed E-state index contributed by atoms with van der Waals surface area (Å²) in [6.07, 6.45) is 0.894. The van der Waals surface area contributed by atoms with Gasteiger partial charge in [-0.1, -0.05) is 0 Å². The van der Waals surface area contributed by atoms with Gasteiger partial charge in [-0.3, -0.25) is 0 Å². The zero-order valence-electron chi connectivity index (χ0n) is 6.93. The van der Waals surface area contributed by atoms with Gasteiger partial charge in [0.15, 0.2) is 0 Å². The third-order valence-corrected chi connectivity index (χ3v) is 2.50. The normalized spacial score (nSPS) is 9.64. The van der Waals surface area contributed by atoms with Crippen molar-refractivity contribution in [1.29, 1.82) is 0 Å². The molecule has 0 aliphatic rings. The van der Waals surface area contributed by atoms with E-state index in [9.17, 15) is 4.46 Å². The Morgan fingerprint density at radius 2 is 2.27 bits per heavy atom. The molecule has 0 heterocycles. The van der Waals surface area contributed by atoms with Crippen molar-refractivity contribution in [1.82, 2.24) is 5.32 Å². The van der Waals surface area contributed by atoms with Gasteiger partial charge in [0.2, 0.25) is 0 Å². The van der Waals surface area contributed by atoms with Crippen molar-refractivity contribution in [2.75, 3.05) is 26.7 Å². The highest BCUT2D eigenvalue weighted by Crippen LogP contribution is 1.88. The van der Waals surface area contributed by atoms with Crippen molar-refractivity contribution in [2.45, 2.75) is 12.5 Å². The van der Waals surface area contributed by atoms with Gasteiger partial charge >= 0.3 is 8.93 Å². The van der Waals surface area contributed by atoms with Gasteiger partial charge in [-0.25, -0.2) is 0 Å². The molecule has 0 rings (SSSR count). The van der Waals surface area contributed by atoms with Crippen LogP contribution in [0.4, 0.5) is 0 Å². The fraction of sp³-hybridized carbons (Fsp3) is 1.00. The van der Waals surface area contributed by atoms with E-state index in [0.29, 0.717) is 12.6 Å². The van der Waals surface area contributed by atoms with E-state index in [1.54, 1.807) is 0 Å². The van der Waals surface area contributed by atoms with Crippen molar-refractivity contribution in [2.24, 2.45) is 5.73 Å². The summed E-state index contributed by atoms with van der Waals surface area (Å²) in [5, 5.41) is 3.11. The number of nitrogens with two attached hydrogens (primary N) is 1. The van der Waals surface area contributed by atoms with E-state index < -0.39 is 8.93 Å². The average molecular weight is 176 g/mol. The largest absolute Gasteiger partial charge is 0.527 e. The second-order valence-electron chi connectivity index (χ2n) is 2.22. The molecule has 11 heavy (non-hydrogen) atoms. The van der Waals surface area contributed by atoms with Crippen LogP contribution in [0.15, 0.2) is 0 Å². The first kappa shape index (κ1) is 10.7. The molecule has 0 unspecified atom stereocenters. The second kappa shape index (κ2) is 7.84. The molecule has 4 nitrogen and oxygen atoms in total. The summed E-state index contributed by atoms with van der Waals surface area (Å²) < 4.78 is 15.4. The monoisotopic (exact) mass is 176 g/mol. The van der Waals surface area contributed by atoms with E-state index in [0.717, 1.165) is 19.5 Å². The van der Waals surface area contributed by atoms with Crippen LogP contribution in [0.1, 0.15) is 6.42 Å². The highest BCUT2D eigenvalue weighted by Gasteiger charge is 2.02. The molecule has 0 radical (unpaired) electrons. The number of hydrogen-bond acceptors (Lipinski definition) is 4. The van der Waals surface area contributed by atoms with Crippen molar-refractivity contribution in [3.63, 3.8) is 0 Å². The Morgan fingerprint density at radius 1 is 1.55 bits per heavy atom. The van der Waals surface area contributed by atoms with Crippen LogP contribution in [0, 0.1) is 0 Å². The van der Waals surface area contributed by atoms with Gasteiger partial charge in [-0.15, -0.1) is 0 Å². The number of rotatable bonds is 7. The first-order valence-electron chi connectivity index (χ1n) is 3.79. The van der Waals surface area contributed by atoms with Gasteiger partial charge in [0, 0.05) is 19.1 Å². The van der Waals surface area contributed by atoms with Crippen LogP contribution in [0.5, 0.6) is 0 Å². The van der Waals surface area contributed by atoms with E-state index in [1.807, 2.05) is 0 Å². The van der Waals surface area contributed by atoms with E-state index >= 15 is 0 Å². The Balaban J connectivity index is 2.95. The molecular weight excluding hydrogens is 160 g/mol. The molecule has 0 aliphatic heterocycles. The molecule has 0 bridgehead atoms. The molecule has 5 heteroatoms. The van der Waals surface area contributed by atoms with Crippen LogP contribution in [0.25, 0.3) is 0 Å². The first-order chi connectivity index (χ1) is 5.31. The van der Waals surface area contributed by atoms with Gasteiger partial charge in [0.05, 0.1) is 7.11 Å². The van der Waals surface area contributed by atoms with Crippen LogP contribution < -0.4 is 11.1 Å². The minimum absolute atomic E-state index is 0.652. The average Bonchev–Trinajstić information content (AvgIpc) is 2.04. The maximum Gasteiger partial charge on any atom is 0.502 e. The summed E-state index contributed by atoms with van der Waals surface area (Å²) in [6.45, 7) is 2.35. The lowest BCUT2D eigenvalue weighted by Crippen LogP contribution is -2.23. The molecule has 66 valence electrons. The molecule has 0 fully saturated rings. The van der Waals surface area contributed by atoms with Crippen LogP contribution >= 0.6 is 0 Å². The van der Waals surface area contributed by atoms with Gasteiger partial charge in [-0.05, 0) is 13.0 Å². The van der Waals surface area contributed by atoms with E-state index in [-0.39, 0.29) is 0 Å². The number of hydrogen-bond donors (Lipinski definition) is 2. The van der Waals surface area contributed by atoms with E-state index in [4.69, 9.17) is 5.73 Å². The quantitative estimate of drug-likeness (QED) is 0.405. The first-order valence-corrected chi connectivity index (χ1v) is 5.31. The molecule has 3 N–H and O–H groups in total. The Labute approximate surface area is 68.9 Å². The highest BCUT2D eigenvalue weighted by atomic mass is 28.3. The maximum atomic E-state index is 10.8. The van der Waals surface area contributed by atoms with Crippen LogP contribution in [-0.4, -0.2) is 35.7 Å². The zero-order chi connectivity index (χ0) is 8.53. The molecule has 0 aromatic heterocycles. The Hall–Kier alpha value is -0.263.